The van der Waals surface area contributed by atoms with E-state index in [1.165, 1.54) is 69.9 Å². The summed E-state index contributed by atoms with van der Waals surface area (Å²) in [5.74, 6) is 5.27. The molecule has 3 nitrogen and oxygen atoms in total. The second-order valence-corrected chi connectivity index (χ2v) is 14.6. The maximum absolute atomic E-state index is 13.9. The first-order valence-electron chi connectivity index (χ1n) is 15.9. The quantitative estimate of drug-likeness (QED) is 0.370. The minimum absolute atomic E-state index is 0.349. The smallest absolute Gasteiger partial charge is 0.136 e. The number of hydrogen-bond acceptors (Lipinski definition) is 3. The van der Waals surface area contributed by atoms with Gasteiger partial charge >= 0.3 is 0 Å². The average molecular weight is 507 g/mol. The molecule has 1 aromatic heterocycles. The van der Waals surface area contributed by atoms with Crippen molar-refractivity contribution in [3.8, 4) is 0 Å². The van der Waals surface area contributed by atoms with Crippen molar-refractivity contribution >= 4 is 5.78 Å². The first-order valence-corrected chi connectivity index (χ1v) is 15.9. The molecule has 4 saturated carbocycles. The fourth-order valence-corrected chi connectivity index (χ4v) is 10.1. The summed E-state index contributed by atoms with van der Waals surface area (Å²) in [7, 11) is 0. The van der Waals surface area contributed by atoms with E-state index in [9.17, 15) is 4.79 Å². The fourth-order valence-electron chi connectivity index (χ4n) is 10.1. The van der Waals surface area contributed by atoms with Crippen LogP contribution in [0.3, 0.4) is 0 Å². The summed E-state index contributed by atoms with van der Waals surface area (Å²) in [6.45, 7) is 13.4. The second kappa shape index (κ2) is 11.1. The predicted molar refractivity (Wildman–Crippen MR) is 153 cm³/mol. The maximum atomic E-state index is 13.9. The van der Waals surface area contributed by atoms with E-state index in [1.807, 2.05) is 12.3 Å². The molecule has 1 heterocycles. The molecule has 0 aliphatic heterocycles. The van der Waals surface area contributed by atoms with Gasteiger partial charge < -0.3 is 5.32 Å². The topological polar surface area (TPSA) is 42.0 Å². The third kappa shape index (κ3) is 5.32. The molecule has 0 aromatic carbocycles. The van der Waals surface area contributed by atoms with Gasteiger partial charge in [0.25, 0.3) is 0 Å². The first-order chi connectivity index (χ1) is 17.7. The standard InChI is InChI=1S/C34H54N2O/c1-23(2)9-8-10-24(3)28-12-13-29-32-30(15-18-34(28,29)5)33(4)17-14-27(21-25(33)22-31(32)37)36-20-16-26-11-6-7-19-35-26/h6-7,11,19,23-25,27-30,32,36H,8-10,12-18,20-22H2,1-5H3/t24-,25-,27-,28-,29?,30?,32?,33+,34-/m1/s1. The minimum atomic E-state index is 0.349. The summed E-state index contributed by atoms with van der Waals surface area (Å²) < 4.78 is 0. The summed E-state index contributed by atoms with van der Waals surface area (Å²) in [6, 6.07) is 6.74. The van der Waals surface area contributed by atoms with Crippen LogP contribution in [0.25, 0.3) is 0 Å². The zero-order valence-corrected chi connectivity index (χ0v) is 24.5. The molecular formula is C34H54N2O. The minimum Gasteiger partial charge on any atom is -0.314 e. The zero-order chi connectivity index (χ0) is 26.2. The molecule has 4 fully saturated rings. The highest BCUT2D eigenvalue weighted by Crippen LogP contribution is 2.67. The Balaban J connectivity index is 1.21. The van der Waals surface area contributed by atoms with Gasteiger partial charge in [0.05, 0.1) is 0 Å². The molecule has 1 N–H and O–H groups in total. The Morgan fingerprint density at radius 2 is 1.78 bits per heavy atom. The lowest BCUT2D eigenvalue weighted by Crippen LogP contribution is -2.58. The van der Waals surface area contributed by atoms with E-state index < -0.39 is 0 Å². The highest BCUT2D eigenvalue weighted by atomic mass is 16.1. The fraction of sp³-hybridized carbons (Fsp3) is 0.824. The number of fused-ring (bicyclic) bond motifs is 5. The highest BCUT2D eigenvalue weighted by Gasteiger charge is 2.63. The van der Waals surface area contributed by atoms with Gasteiger partial charge in [0.15, 0.2) is 0 Å². The van der Waals surface area contributed by atoms with Crippen LogP contribution < -0.4 is 5.32 Å². The monoisotopic (exact) mass is 506 g/mol. The Bertz CT molecular complexity index is 914. The Labute approximate surface area is 227 Å². The first kappa shape index (κ1) is 27.4. The van der Waals surface area contributed by atoms with Crippen molar-refractivity contribution in [2.45, 2.75) is 118 Å². The normalized spacial score (nSPS) is 40.2. The number of nitrogens with zero attached hydrogens (tertiary/aromatic N) is 1. The Hall–Kier alpha value is -1.22. The van der Waals surface area contributed by atoms with Crippen LogP contribution in [0.1, 0.15) is 111 Å². The molecule has 1 aromatic rings. The van der Waals surface area contributed by atoms with Gasteiger partial charge in [0.2, 0.25) is 0 Å². The lowest BCUT2D eigenvalue weighted by molar-refractivity contribution is -0.157. The molecule has 3 heteroatoms. The molecule has 0 radical (unpaired) electrons. The van der Waals surface area contributed by atoms with Crippen LogP contribution in [-0.2, 0) is 11.2 Å². The number of carbonyl (C=O) groups is 1. The van der Waals surface area contributed by atoms with Gasteiger partial charge in [-0.1, -0.05) is 59.9 Å². The van der Waals surface area contributed by atoms with E-state index in [1.54, 1.807) is 0 Å². The lowest BCUT2D eigenvalue weighted by Gasteiger charge is -2.60. The van der Waals surface area contributed by atoms with Crippen molar-refractivity contribution in [3.63, 3.8) is 0 Å². The van der Waals surface area contributed by atoms with E-state index >= 15 is 0 Å². The molecule has 0 amide bonds. The third-order valence-electron chi connectivity index (χ3n) is 12.2. The molecule has 4 aliphatic rings. The number of nitrogens with one attached hydrogen (secondary N) is 1. The summed E-state index contributed by atoms with van der Waals surface area (Å²) >= 11 is 0. The molecule has 4 aliphatic carbocycles. The highest BCUT2D eigenvalue weighted by molar-refractivity contribution is 5.83. The summed E-state index contributed by atoms with van der Waals surface area (Å²) in [6.07, 6.45) is 16.9. The SMILES string of the molecule is CC(C)CCC[C@@H](C)[C@H]1CCC2C3C(=O)C[C@H]4C[C@H](NCCc5ccccn5)CC[C@]4(C)C3CC[C@@]21C. The Morgan fingerprint density at radius 1 is 1.00 bits per heavy atom. The van der Waals surface area contributed by atoms with Gasteiger partial charge in [-0.2, -0.15) is 0 Å². The van der Waals surface area contributed by atoms with E-state index in [-0.39, 0.29) is 0 Å². The van der Waals surface area contributed by atoms with Crippen LogP contribution in [0.2, 0.25) is 0 Å². The Kier molecular flexibility index (Phi) is 8.21. The molecule has 206 valence electrons. The van der Waals surface area contributed by atoms with E-state index in [4.69, 9.17) is 0 Å². The number of rotatable bonds is 9. The number of pyridine rings is 1. The van der Waals surface area contributed by atoms with Crippen molar-refractivity contribution in [3.05, 3.63) is 30.1 Å². The van der Waals surface area contributed by atoms with Gasteiger partial charge in [0.1, 0.15) is 5.78 Å². The molecule has 5 rings (SSSR count). The molecular weight excluding hydrogens is 452 g/mol. The molecule has 0 bridgehead atoms. The van der Waals surface area contributed by atoms with E-state index in [2.05, 4.69) is 57.1 Å². The van der Waals surface area contributed by atoms with Crippen LogP contribution >= 0.6 is 0 Å². The largest absolute Gasteiger partial charge is 0.314 e. The van der Waals surface area contributed by atoms with Gasteiger partial charge in [-0.25, -0.2) is 0 Å². The molecule has 3 unspecified atom stereocenters. The lowest BCUT2D eigenvalue weighted by atomic mass is 9.44. The zero-order valence-electron chi connectivity index (χ0n) is 24.5. The van der Waals surface area contributed by atoms with Crippen molar-refractivity contribution in [2.24, 2.45) is 52.3 Å². The van der Waals surface area contributed by atoms with Gasteiger partial charge in [0, 0.05) is 43.2 Å². The molecule has 9 atom stereocenters. The van der Waals surface area contributed by atoms with Crippen LogP contribution in [-0.4, -0.2) is 23.4 Å². The number of hydrogen-bond donors (Lipinski definition) is 1. The number of Topliss-reactive ketones (excluding diaryl/α,β-unsaturated/α-hetero) is 1. The molecule has 0 saturated heterocycles. The van der Waals surface area contributed by atoms with Crippen LogP contribution in [0.15, 0.2) is 24.4 Å². The second-order valence-electron chi connectivity index (χ2n) is 14.6. The predicted octanol–water partition coefficient (Wildman–Crippen LogP) is 7.88. The van der Waals surface area contributed by atoms with E-state index in [0.717, 1.165) is 37.1 Å². The number of aromatic nitrogens is 1. The summed E-state index contributed by atoms with van der Waals surface area (Å²) in [5, 5.41) is 3.84. The van der Waals surface area contributed by atoms with Gasteiger partial charge in [-0.15, -0.1) is 0 Å². The summed E-state index contributed by atoms with van der Waals surface area (Å²) in [5.41, 5.74) is 1.92. The van der Waals surface area contributed by atoms with E-state index in [0.29, 0.717) is 46.3 Å². The van der Waals surface area contributed by atoms with Crippen LogP contribution in [0.4, 0.5) is 0 Å². The summed E-state index contributed by atoms with van der Waals surface area (Å²) in [4.78, 5) is 18.4. The van der Waals surface area contributed by atoms with Crippen LogP contribution in [0, 0.1) is 52.3 Å². The molecule has 0 spiro atoms. The van der Waals surface area contributed by atoms with Gasteiger partial charge in [-0.05, 0) is 103 Å². The van der Waals surface area contributed by atoms with Crippen molar-refractivity contribution < 1.29 is 4.79 Å². The third-order valence-corrected chi connectivity index (χ3v) is 12.2. The van der Waals surface area contributed by atoms with Gasteiger partial charge in [-0.3, -0.25) is 9.78 Å². The number of carbonyl (C=O) groups excluding carboxylic acids is 1. The van der Waals surface area contributed by atoms with Crippen molar-refractivity contribution in [2.75, 3.05) is 6.54 Å². The number of ketones is 1. The average Bonchev–Trinajstić information content (AvgIpc) is 3.22. The van der Waals surface area contributed by atoms with Crippen molar-refractivity contribution in [1.82, 2.24) is 10.3 Å². The van der Waals surface area contributed by atoms with Crippen molar-refractivity contribution in [1.29, 1.82) is 0 Å². The maximum Gasteiger partial charge on any atom is 0.136 e. The molecule has 37 heavy (non-hydrogen) atoms. The van der Waals surface area contributed by atoms with Crippen LogP contribution in [0.5, 0.6) is 0 Å². The Morgan fingerprint density at radius 3 is 2.54 bits per heavy atom.